The third-order valence-corrected chi connectivity index (χ3v) is 7.56. The molecule has 0 unspecified atom stereocenters. The minimum Gasteiger partial charge on any atom is -0.336 e. The first-order valence-electron chi connectivity index (χ1n) is 13.6. The molecule has 4 aromatic rings. The molecule has 1 aliphatic rings. The monoisotopic (exact) mass is 528 g/mol. The van der Waals surface area contributed by atoms with E-state index in [1.807, 2.05) is 84.1 Å². The smallest absolute Gasteiger partial charge is 0.230 e. The summed E-state index contributed by atoms with van der Waals surface area (Å²) in [6.45, 7) is 6.55. The zero-order chi connectivity index (χ0) is 27.4. The zero-order valence-electron chi connectivity index (χ0n) is 22.5. The summed E-state index contributed by atoms with van der Waals surface area (Å²) in [6, 6.07) is 23.5. The summed E-state index contributed by atoms with van der Waals surface area (Å²) in [6.07, 6.45) is 1.43. The first kappa shape index (κ1) is 26.8. The molecule has 0 radical (unpaired) electrons. The van der Waals surface area contributed by atoms with E-state index in [1.54, 1.807) is 0 Å². The van der Waals surface area contributed by atoms with Crippen LogP contribution < -0.4 is 0 Å². The lowest BCUT2D eigenvalue weighted by Crippen LogP contribution is -2.35. The summed E-state index contributed by atoms with van der Waals surface area (Å²) in [5.41, 5.74) is 5.33. The predicted octanol–water partition coefficient (Wildman–Crippen LogP) is 6.25. The lowest BCUT2D eigenvalue weighted by Gasteiger charge is -2.29. The molecule has 7 heteroatoms. The number of fused-ring (bicyclic) bond motifs is 1. The van der Waals surface area contributed by atoms with Gasteiger partial charge in [0.15, 0.2) is 0 Å². The summed E-state index contributed by atoms with van der Waals surface area (Å²) in [5.74, 6) is -0.978. The highest BCUT2D eigenvalue weighted by Gasteiger charge is 2.29. The molecule has 202 valence electrons. The second-order valence-corrected chi connectivity index (χ2v) is 10.0. The first-order valence-corrected chi connectivity index (χ1v) is 13.6. The Bertz CT molecular complexity index is 1420. The van der Waals surface area contributed by atoms with Crippen LogP contribution in [-0.2, 0) is 30.8 Å². The molecule has 2 heterocycles. The Morgan fingerprint density at radius 2 is 1.72 bits per heavy atom. The van der Waals surface area contributed by atoms with Crippen LogP contribution in [0.2, 0.25) is 0 Å². The van der Waals surface area contributed by atoms with E-state index in [9.17, 15) is 13.6 Å². The van der Waals surface area contributed by atoms with Gasteiger partial charge in [0, 0.05) is 43.7 Å². The Balaban J connectivity index is 1.46. The quantitative estimate of drug-likeness (QED) is 0.258. The van der Waals surface area contributed by atoms with E-state index in [0.717, 1.165) is 40.7 Å². The number of carbonyl (C=O) groups is 1. The van der Waals surface area contributed by atoms with Crippen molar-refractivity contribution in [2.45, 2.75) is 52.2 Å². The molecular formula is C32H34F2N4O. The van der Waals surface area contributed by atoms with E-state index < -0.39 is 11.6 Å². The van der Waals surface area contributed by atoms with Gasteiger partial charge in [-0.05, 0) is 49.2 Å². The average molecular weight is 529 g/mol. The maximum Gasteiger partial charge on any atom is 0.230 e. The van der Waals surface area contributed by atoms with Gasteiger partial charge in [0.25, 0.3) is 0 Å². The number of aromatic nitrogens is 2. The molecule has 5 nitrogen and oxygen atoms in total. The second-order valence-electron chi connectivity index (χ2n) is 10.0. The van der Waals surface area contributed by atoms with E-state index in [0.29, 0.717) is 44.7 Å². The molecule has 0 bridgehead atoms. The van der Waals surface area contributed by atoms with E-state index in [2.05, 4.69) is 4.90 Å². The Labute approximate surface area is 228 Å². The molecule has 1 aromatic heterocycles. The lowest BCUT2D eigenvalue weighted by molar-refractivity contribution is -0.133. The third-order valence-electron chi connectivity index (χ3n) is 7.56. The number of para-hydroxylation sites is 1. The fourth-order valence-electron chi connectivity index (χ4n) is 5.48. The number of hydrogen-bond acceptors (Lipinski definition) is 3. The van der Waals surface area contributed by atoms with Gasteiger partial charge in [-0.3, -0.25) is 9.69 Å². The van der Waals surface area contributed by atoms with Crippen molar-refractivity contribution in [1.82, 2.24) is 19.6 Å². The molecule has 3 aromatic carbocycles. The molecule has 0 N–H and O–H groups in total. The third kappa shape index (κ3) is 5.78. The Morgan fingerprint density at radius 3 is 2.41 bits per heavy atom. The van der Waals surface area contributed by atoms with Crippen LogP contribution in [0.25, 0.3) is 5.69 Å². The number of nitrogens with zero attached hydrogens (tertiary/aromatic N) is 4. The molecule has 0 fully saturated rings. The largest absolute Gasteiger partial charge is 0.336 e. The van der Waals surface area contributed by atoms with Gasteiger partial charge in [-0.2, -0.15) is 5.10 Å². The number of amides is 1. The van der Waals surface area contributed by atoms with Crippen LogP contribution in [0.5, 0.6) is 0 Å². The summed E-state index contributed by atoms with van der Waals surface area (Å²) in [7, 11) is 0. The van der Waals surface area contributed by atoms with Crippen molar-refractivity contribution in [2.24, 2.45) is 0 Å². The topological polar surface area (TPSA) is 41.4 Å². The average Bonchev–Trinajstić information content (AvgIpc) is 3.32. The van der Waals surface area contributed by atoms with Gasteiger partial charge in [0.2, 0.25) is 5.91 Å². The van der Waals surface area contributed by atoms with E-state index in [-0.39, 0.29) is 11.8 Å². The highest BCUT2D eigenvalue weighted by Crippen LogP contribution is 2.29. The maximum absolute atomic E-state index is 14.4. The number of hydrogen-bond donors (Lipinski definition) is 0. The van der Waals surface area contributed by atoms with Crippen molar-refractivity contribution >= 4 is 5.91 Å². The number of benzene rings is 3. The summed E-state index contributed by atoms with van der Waals surface area (Å²) < 4.78 is 30.2. The Kier molecular flexibility index (Phi) is 8.17. The number of likely N-dealkylation sites (N-methyl/N-ethyl adjacent to an activating group) is 1. The van der Waals surface area contributed by atoms with Gasteiger partial charge in [0.1, 0.15) is 11.6 Å². The van der Waals surface area contributed by atoms with Gasteiger partial charge < -0.3 is 4.90 Å². The van der Waals surface area contributed by atoms with Gasteiger partial charge in [-0.25, -0.2) is 13.5 Å². The minimum absolute atomic E-state index is 0.0868. The van der Waals surface area contributed by atoms with E-state index in [4.69, 9.17) is 5.10 Å². The van der Waals surface area contributed by atoms with Gasteiger partial charge in [-0.15, -0.1) is 0 Å². The highest BCUT2D eigenvalue weighted by molar-refractivity contribution is 5.83. The minimum atomic E-state index is -0.442. The molecule has 0 spiro atoms. The molecular weight excluding hydrogens is 494 g/mol. The number of halogens is 2. The fraction of sp³-hybridized carbons (Fsp3) is 0.312. The van der Waals surface area contributed by atoms with Crippen molar-refractivity contribution in [1.29, 1.82) is 0 Å². The zero-order valence-corrected chi connectivity index (χ0v) is 22.5. The standard InChI is InChI=1S/C32H34F2N4O/c1-3-27(23-11-7-5-8-12-23)32(39)37(4-2)22-30-28-21-36(20-24-19-25(33)15-16-29(24)34)18-17-31(28)38(35-30)26-13-9-6-10-14-26/h5-16,19,27H,3-4,17-18,20-22H2,1-2H3/t27-/m0/s1. The van der Waals surface area contributed by atoms with E-state index in [1.165, 1.54) is 12.1 Å². The first-order chi connectivity index (χ1) is 19.0. The maximum atomic E-state index is 14.4. The Hall–Kier alpha value is -3.84. The van der Waals surface area contributed by atoms with E-state index >= 15 is 0 Å². The number of rotatable bonds is 9. The molecule has 1 atom stereocenters. The van der Waals surface area contributed by atoms with Crippen LogP contribution in [0, 0.1) is 11.6 Å². The SMILES string of the molecule is CC[C@H](C(=O)N(CC)Cc1nn(-c2ccccc2)c2c1CN(Cc1cc(F)ccc1F)CC2)c1ccccc1. The molecule has 5 rings (SSSR count). The Morgan fingerprint density at radius 1 is 1.00 bits per heavy atom. The fourth-order valence-corrected chi connectivity index (χ4v) is 5.48. The van der Waals surface area contributed by atoms with Crippen LogP contribution >= 0.6 is 0 Å². The molecule has 0 aliphatic carbocycles. The molecule has 1 amide bonds. The predicted molar refractivity (Wildman–Crippen MR) is 148 cm³/mol. The van der Waals surface area contributed by atoms with Crippen molar-refractivity contribution in [3.63, 3.8) is 0 Å². The lowest BCUT2D eigenvalue weighted by atomic mass is 9.94. The van der Waals surface area contributed by atoms with Crippen LogP contribution in [0.15, 0.2) is 78.9 Å². The van der Waals surface area contributed by atoms with Gasteiger partial charge in [-0.1, -0.05) is 55.5 Å². The van der Waals surface area contributed by atoms with Crippen LogP contribution in [0.3, 0.4) is 0 Å². The molecule has 39 heavy (non-hydrogen) atoms. The van der Waals surface area contributed by atoms with Crippen LogP contribution in [-0.4, -0.2) is 38.6 Å². The van der Waals surface area contributed by atoms with Crippen molar-refractivity contribution < 1.29 is 13.6 Å². The summed E-state index contributed by atoms with van der Waals surface area (Å²) in [4.78, 5) is 17.7. The number of carbonyl (C=O) groups excluding carboxylic acids is 1. The molecule has 1 aliphatic heterocycles. The highest BCUT2D eigenvalue weighted by atomic mass is 19.1. The summed E-state index contributed by atoms with van der Waals surface area (Å²) in [5, 5.41) is 5.03. The van der Waals surface area contributed by atoms with Gasteiger partial charge in [0.05, 0.1) is 29.5 Å². The van der Waals surface area contributed by atoms with Crippen LogP contribution in [0.1, 0.15) is 54.3 Å². The van der Waals surface area contributed by atoms with Crippen LogP contribution in [0.4, 0.5) is 8.78 Å². The van der Waals surface area contributed by atoms with Crippen molar-refractivity contribution in [3.8, 4) is 5.69 Å². The second kappa shape index (κ2) is 11.9. The van der Waals surface area contributed by atoms with Gasteiger partial charge >= 0.3 is 0 Å². The molecule has 0 saturated heterocycles. The van der Waals surface area contributed by atoms with Crippen molar-refractivity contribution in [3.05, 3.63) is 119 Å². The summed E-state index contributed by atoms with van der Waals surface area (Å²) >= 11 is 0. The molecule has 0 saturated carbocycles. The normalized spacial score (nSPS) is 14.2. The van der Waals surface area contributed by atoms with Crippen molar-refractivity contribution in [2.75, 3.05) is 13.1 Å².